The van der Waals surface area contributed by atoms with Crippen LogP contribution < -0.4 is 0 Å². The molecule has 0 aromatic rings. The van der Waals surface area contributed by atoms with Gasteiger partial charge in [-0.3, -0.25) is 0 Å². The molecule has 0 saturated heterocycles. The van der Waals surface area contributed by atoms with Crippen molar-refractivity contribution in [2.24, 2.45) is 0 Å². The highest BCUT2D eigenvalue weighted by Gasteiger charge is 1.91. The van der Waals surface area contributed by atoms with E-state index in [4.69, 9.17) is 5.26 Å². The molecule has 5 heteroatoms. The lowest BCUT2D eigenvalue weighted by molar-refractivity contribution is -0.138. The monoisotopic (exact) mass is 281 g/mol. The Kier molecular flexibility index (Phi) is 24.9. The molecule has 112 valence electrons. The predicted molar refractivity (Wildman–Crippen MR) is 78.7 cm³/mol. The summed E-state index contributed by atoms with van der Waals surface area (Å²) in [5, 5.41) is 7.51. The standard InChI is InChI=1S/C7H12O2.C5H8O2.C3H3N/c1-3-5-6-9-7(8)4-2;1-3-5(6)7-4-2;1-2-3-4/h4H,2-3,5-6H2,1H3;3H,1,4H2,2H3;2H,1H2. The zero-order valence-electron chi connectivity index (χ0n) is 12.3. The van der Waals surface area contributed by atoms with Crippen LogP contribution in [0.5, 0.6) is 0 Å². The zero-order valence-corrected chi connectivity index (χ0v) is 12.3. The molecule has 0 rings (SSSR count). The third-order valence-electron chi connectivity index (χ3n) is 1.45. The summed E-state index contributed by atoms with van der Waals surface area (Å²) in [6, 6.07) is 1.69. The highest BCUT2D eigenvalue weighted by molar-refractivity contribution is 5.81. The fraction of sp³-hybridized carbons (Fsp3) is 0.400. The number of esters is 2. The van der Waals surface area contributed by atoms with Crippen LogP contribution in [0.15, 0.2) is 38.0 Å². The molecular formula is C15H23NO4. The van der Waals surface area contributed by atoms with E-state index in [0.29, 0.717) is 13.2 Å². The van der Waals surface area contributed by atoms with Crippen LogP contribution in [0.4, 0.5) is 0 Å². The molecule has 0 atom stereocenters. The minimum atomic E-state index is -0.359. The van der Waals surface area contributed by atoms with E-state index in [-0.39, 0.29) is 11.9 Å². The molecule has 0 aliphatic rings. The summed E-state index contributed by atoms with van der Waals surface area (Å²) in [6.07, 6.45) is 5.48. The molecular weight excluding hydrogens is 258 g/mol. The van der Waals surface area contributed by atoms with Crippen LogP contribution in [0.25, 0.3) is 0 Å². The van der Waals surface area contributed by atoms with Crippen LogP contribution >= 0.6 is 0 Å². The summed E-state index contributed by atoms with van der Waals surface area (Å²) in [5.74, 6) is -0.689. The molecule has 20 heavy (non-hydrogen) atoms. The van der Waals surface area contributed by atoms with E-state index in [9.17, 15) is 9.59 Å². The first-order valence-corrected chi connectivity index (χ1v) is 6.12. The van der Waals surface area contributed by atoms with Gasteiger partial charge in [0.25, 0.3) is 0 Å². The Morgan fingerprint density at radius 1 is 1.10 bits per heavy atom. The molecule has 0 bridgehead atoms. The third kappa shape index (κ3) is 29.6. The van der Waals surface area contributed by atoms with Crippen molar-refractivity contribution in [2.75, 3.05) is 13.2 Å². The van der Waals surface area contributed by atoms with E-state index in [0.717, 1.165) is 18.9 Å². The maximum atomic E-state index is 10.3. The van der Waals surface area contributed by atoms with Gasteiger partial charge in [0.1, 0.15) is 0 Å². The zero-order chi connectivity index (χ0) is 16.2. The van der Waals surface area contributed by atoms with E-state index in [1.54, 1.807) is 13.0 Å². The molecule has 0 spiro atoms. The maximum Gasteiger partial charge on any atom is 0.330 e. The first-order valence-electron chi connectivity index (χ1n) is 6.12. The van der Waals surface area contributed by atoms with Gasteiger partial charge in [-0.15, -0.1) is 0 Å². The summed E-state index contributed by atoms with van der Waals surface area (Å²) in [5.41, 5.74) is 0. The largest absolute Gasteiger partial charge is 0.463 e. The molecule has 0 unspecified atom stereocenters. The number of hydrogen-bond acceptors (Lipinski definition) is 5. The van der Waals surface area contributed by atoms with Gasteiger partial charge in [0.05, 0.1) is 19.3 Å². The molecule has 0 aliphatic carbocycles. The molecule has 0 heterocycles. The number of nitrogens with zero attached hydrogens (tertiary/aromatic N) is 1. The Morgan fingerprint density at radius 3 is 1.80 bits per heavy atom. The Morgan fingerprint density at radius 2 is 1.55 bits per heavy atom. The normalized spacial score (nSPS) is 7.25. The van der Waals surface area contributed by atoms with E-state index in [1.165, 1.54) is 12.2 Å². The summed E-state index contributed by atoms with van der Waals surface area (Å²) >= 11 is 0. The Hall–Kier alpha value is -2.35. The maximum absolute atomic E-state index is 10.3. The highest BCUT2D eigenvalue weighted by atomic mass is 16.5. The highest BCUT2D eigenvalue weighted by Crippen LogP contribution is 1.88. The van der Waals surface area contributed by atoms with Crippen molar-refractivity contribution in [1.29, 1.82) is 5.26 Å². The summed E-state index contributed by atoms with van der Waals surface area (Å²) < 4.78 is 9.11. The summed E-state index contributed by atoms with van der Waals surface area (Å²) in [6.45, 7) is 14.3. The Bertz CT molecular complexity index is 329. The van der Waals surface area contributed by atoms with Crippen LogP contribution in [0, 0.1) is 11.3 Å². The van der Waals surface area contributed by atoms with Gasteiger partial charge in [0.2, 0.25) is 0 Å². The van der Waals surface area contributed by atoms with Crippen molar-refractivity contribution in [2.45, 2.75) is 26.7 Å². The fourth-order valence-corrected chi connectivity index (χ4v) is 0.577. The van der Waals surface area contributed by atoms with Gasteiger partial charge in [0.15, 0.2) is 0 Å². The van der Waals surface area contributed by atoms with Gasteiger partial charge >= 0.3 is 11.9 Å². The van der Waals surface area contributed by atoms with Gasteiger partial charge in [-0.05, 0) is 13.3 Å². The summed E-state index contributed by atoms with van der Waals surface area (Å²) in [7, 11) is 0. The SMILES string of the molecule is C=CC#N.C=CC(=O)OCC.C=CC(=O)OCCCC. The number of ether oxygens (including phenoxy) is 2. The second kappa shape index (κ2) is 21.9. The van der Waals surface area contributed by atoms with Crippen molar-refractivity contribution < 1.29 is 19.1 Å². The number of rotatable bonds is 6. The second-order valence-corrected chi connectivity index (χ2v) is 3.01. The lowest BCUT2D eigenvalue weighted by Crippen LogP contribution is -2.00. The molecule has 0 aromatic carbocycles. The van der Waals surface area contributed by atoms with Gasteiger partial charge in [-0.2, -0.15) is 5.26 Å². The van der Waals surface area contributed by atoms with Crippen LogP contribution in [-0.2, 0) is 19.1 Å². The van der Waals surface area contributed by atoms with E-state index in [1.807, 2.05) is 6.92 Å². The van der Waals surface area contributed by atoms with Gasteiger partial charge in [0, 0.05) is 18.2 Å². The number of allylic oxidation sites excluding steroid dienone is 1. The smallest absolute Gasteiger partial charge is 0.330 e. The van der Waals surface area contributed by atoms with Gasteiger partial charge < -0.3 is 9.47 Å². The summed E-state index contributed by atoms with van der Waals surface area (Å²) in [4.78, 5) is 20.4. The van der Waals surface area contributed by atoms with E-state index < -0.39 is 0 Å². The van der Waals surface area contributed by atoms with Crippen molar-refractivity contribution >= 4 is 11.9 Å². The second-order valence-electron chi connectivity index (χ2n) is 3.01. The Labute approximate surface area is 121 Å². The molecule has 0 amide bonds. The topological polar surface area (TPSA) is 76.4 Å². The number of carbonyl (C=O) groups excluding carboxylic acids is 2. The third-order valence-corrected chi connectivity index (χ3v) is 1.45. The average Bonchev–Trinajstić information content (AvgIpc) is 2.48. The van der Waals surface area contributed by atoms with Gasteiger partial charge in [-0.25, -0.2) is 9.59 Å². The number of nitriles is 1. The first kappa shape index (κ1) is 22.8. The molecule has 0 radical (unpaired) electrons. The molecule has 0 fully saturated rings. The molecule has 0 aromatic heterocycles. The molecule has 0 saturated carbocycles. The van der Waals surface area contributed by atoms with E-state index in [2.05, 4.69) is 29.2 Å². The number of unbranched alkanes of at least 4 members (excludes halogenated alkanes) is 1. The fourth-order valence-electron chi connectivity index (χ4n) is 0.577. The van der Waals surface area contributed by atoms with Crippen LogP contribution in [0.2, 0.25) is 0 Å². The quantitative estimate of drug-likeness (QED) is 0.324. The lowest BCUT2D eigenvalue weighted by atomic mass is 10.4. The predicted octanol–water partition coefficient (Wildman–Crippen LogP) is 2.95. The van der Waals surface area contributed by atoms with Crippen molar-refractivity contribution in [3.63, 3.8) is 0 Å². The van der Waals surface area contributed by atoms with Crippen LogP contribution in [0.3, 0.4) is 0 Å². The van der Waals surface area contributed by atoms with Crippen LogP contribution in [0.1, 0.15) is 26.7 Å². The Balaban J connectivity index is -0.000000234. The molecule has 5 nitrogen and oxygen atoms in total. The lowest BCUT2D eigenvalue weighted by Gasteiger charge is -1.97. The number of carbonyl (C=O) groups is 2. The molecule has 0 aliphatic heterocycles. The van der Waals surface area contributed by atoms with Crippen molar-refractivity contribution in [3.05, 3.63) is 38.0 Å². The van der Waals surface area contributed by atoms with Crippen molar-refractivity contribution in [3.8, 4) is 6.07 Å². The minimum Gasteiger partial charge on any atom is -0.463 e. The minimum absolute atomic E-state index is 0.330. The average molecular weight is 281 g/mol. The van der Waals surface area contributed by atoms with Crippen molar-refractivity contribution in [1.82, 2.24) is 0 Å². The van der Waals surface area contributed by atoms with Crippen LogP contribution in [-0.4, -0.2) is 25.2 Å². The van der Waals surface area contributed by atoms with E-state index >= 15 is 0 Å². The number of hydrogen-bond donors (Lipinski definition) is 0. The van der Waals surface area contributed by atoms with Gasteiger partial charge in [-0.1, -0.05) is 33.1 Å². The first-order chi connectivity index (χ1) is 9.53. The molecule has 0 N–H and O–H groups in total.